The predicted octanol–water partition coefficient (Wildman–Crippen LogP) is 3.75. The minimum Gasteiger partial charge on any atom is -0.309 e. The first-order valence-electron chi connectivity index (χ1n) is 7.67. The highest BCUT2D eigenvalue weighted by atomic mass is 16.1. The lowest BCUT2D eigenvalue weighted by Gasteiger charge is -2.04. The summed E-state index contributed by atoms with van der Waals surface area (Å²) in [6, 6.07) is 19.8. The average molecular weight is 305 g/mol. The quantitative estimate of drug-likeness (QED) is 0.780. The molecule has 1 heterocycles. The van der Waals surface area contributed by atoms with Gasteiger partial charge < -0.3 is 5.32 Å². The van der Waals surface area contributed by atoms with Crippen LogP contribution in [0, 0.1) is 6.92 Å². The number of nitrogens with one attached hydrogen (secondary N) is 1. The van der Waals surface area contributed by atoms with E-state index in [0.29, 0.717) is 12.2 Å². The Morgan fingerprint density at radius 1 is 1.09 bits per heavy atom. The van der Waals surface area contributed by atoms with Crippen LogP contribution < -0.4 is 5.32 Å². The minimum atomic E-state index is -0.0233. The Labute approximate surface area is 135 Å². The van der Waals surface area contributed by atoms with Gasteiger partial charge in [0.2, 0.25) is 5.91 Å². The molecule has 1 amide bonds. The molecule has 0 bridgehead atoms. The molecule has 2 aromatic carbocycles. The van der Waals surface area contributed by atoms with Gasteiger partial charge in [-0.05, 0) is 31.0 Å². The molecule has 0 saturated carbocycles. The topological polar surface area (TPSA) is 46.9 Å². The van der Waals surface area contributed by atoms with Crippen molar-refractivity contribution in [2.24, 2.45) is 0 Å². The summed E-state index contributed by atoms with van der Waals surface area (Å²) in [5.74, 6) is 0.549. The molecule has 23 heavy (non-hydrogen) atoms. The molecule has 3 aromatic rings. The largest absolute Gasteiger partial charge is 0.309 e. The summed E-state index contributed by atoms with van der Waals surface area (Å²) in [4.78, 5) is 12.1. The molecule has 4 heteroatoms. The van der Waals surface area contributed by atoms with Gasteiger partial charge in [0.15, 0.2) is 5.82 Å². The number of carbonyl (C=O) groups excluding carboxylic acids is 1. The second-order valence-electron chi connectivity index (χ2n) is 5.52. The van der Waals surface area contributed by atoms with Crippen molar-refractivity contribution in [2.45, 2.75) is 19.8 Å². The molecule has 0 fully saturated rings. The van der Waals surface area contributed by atoms with E-state index in [1.54, 1.807) is 10.7 Å². The van der Waals surface area contributed by atoms with Crippen LogP contribution >= 0.6 is 0 Å². The molecule has 116 valence electrons. The van der Waals surface area contributed by atoms with E-state index in [-0.39, 0.29) is 5.91 Å². The maximum Gasteiger partial charge on any atom is 0.225 e. The smallest absolute Gasteiger partial charge is 0.225 e. The first-order valence-corrected chi connectivity index (χ1v) is 7.67. The van der Waals surface area contributed by atoms with Gasteiger partial charge >= 0.3 is 0 Å². The molecule has 0 atom stereocenters. The normalized spacial score (nSPS) is 10.5. The first-order chi connectivity index (χ1) is 11.2. The van der Waals surface area contributed by atoms with E-state index in [9.17, 15) is 4.79 Å². The van der Waals surface area contributed by atoms with Gasteiger partial charge in [0.1, 0.15) is 0 Å². The van der Waals surface area contributed by atoms with E-state index in [1.807, 2.05) is 48.7 Å². The van der Waals surface area contributed by atoms with Crippen molar-refractivity contribution >= 4 is 11.7 Å². The van der Waals surface area contributed by atoms with Crippen LogP contribution in [0.1, 0.15) is 17.5 Å². The zero-order chi connectivity index (χ0) is 16.1. The van der Waals surface area contributed by atoms with Crippen LogP contribution in [-0.4, -0.2) is 15.7 Å². The highest BCUT2D eigenvalue weighted by Gasteiger charge is 2.06. The Morgan fingerprint density at radius 3 is 2.70 bits per heavy atom. The SMILES string of the molecule is Cc1cccc(CCC(=O)Nc2ccn(-c3ccccc3)n2)c1. The van der Waals surface area contributed by atoms with Gasteiger partial charge in [0, 0.05) is 18.7 Å². The third kappa shape index (κ3) is 4.07. The molecule has 1 N–H and O–H groups in total. The number of amides is 1. The number of nitrogens with zero attached hydrogens (tertiary/aromatic N) is 2. The highest BCUT2D eigenvalue weighted by molar-refractivity contribution is 5.89. The summed E-state index contributed by atoms with van der Waals surface area (Å²) in [5, 5.41) is 7.22. The average Bonchev–Trinajstić information content (AvgIpc) is 3.02. The van der Waals surface area contributed by atoms with E-state index in [0.717, 1.165) is 12.1 Å². The first kappa shape index (κ1) is 15.0. The van der Waals surface area contributed by atoms with Crippen LogP contribution in [0.25, 0.3) is 5.69 Å². The van der Waals surface area contributed by atoms with Gasteiger partial charge in [-0.2, -0.15) is 5.10 Å². The van der Waals surface area contributed by atoms with Gasteiger partial charge in [0.05, 0.1) is 5.69 Å². The molecular formula is C19H19N3O. The van der Waals surface area contributed by atoms with Crippen molar-refractivity contribution < 1.29 is 4.79 Å². The van der Waals surface area contributed by atoms with Crippen LogP contribution in [-0.2, 0) is 11.2 Å². The fraction of sp³-hybridized carbons (Fsp3) is 0.158. The van der Waals surface area contributed by atoms with Crippen molar-refractivity contribution in [1.82, 2.24) is 9.78 Å². The fourth-order valence-electron chi connectivity index (χ4n) is 2.45. The minimum absolute atomic E-state index is 0.0233. The molecule has 1 aromatic heterocycles. The summed E-state index contributed by atoms with van der Waals surface area (Å²) in [7, 11) is 0. The van der Waals surface area contributed by atoms with Crippen molar-refractivity contribution in [3.8, 4) is 5.69 Å². The monoisotopic (exact) mass is 305 g/mol. The Bertz CT molecular complexity index is 793. The standard InChI is InChI=1S/C19H19N3O/c1-15-6-5-7-16(14-15)10-11-19(23)20-18-12-13-22(21-18)17-8-3-2-4-9-17/h2-9,12-14H,10-11H2,1H3,(H,20,21,23). The number of rotatable bonds is 5. The van der Waals surface area contributed by atoms with Gasteiger partial charge in [-0.1, -0.05) is 48.0 Å². The molecule has 0 aliphatic carbocycles. The molecule has 0 unspecified atom stereocenters. The number of carbonyl (C=O) groups is 1. The molecule has 4 nitrogen and oxygen atoms in total. The number of aromatic nitrogens is 2. The summed E-state index contributed by atoms with van der Waals surface area (Å²) < 4.78 is 1.75. The maximum atomic E-state index is 12.1. The number of aryl methyl sites for hydroxylation is 2. The number of benzene rings is 2. The van der Waals surface area contributed by atoms with Gasteiger partial charge in [-0.25, -0.2) is 4.68 Å². The van der Waals surface area contributed by atoms with E-state index in [4.69, 9.17) is 0 Å². The summed E-state index contributed by atoms with van der Waals surface area (Å²) in [6.45, 7) is 2.06. The Hall–Kier alpha value is -2.88. The Balaban J connectivity index is 1.57. The molecule has 0 radical (unpaired) electrons. The lowest BCUT2D eigenvalue weighted by atomic mass is 10.1. The number of hydrogen-bond acceptors (Lipinski definition) is 2. The Kier molecular flexibility index (Phi) is 4.52. The Morgan fingerprint density at radius 2 is 1.91 bits per heavy atom. The number of anilines is 1. The summed E-state index contributed by atoms with van der Waals surface area (Å²) in [6.07, 6.45) is 3.01. The van der Waals surface area contributed by atoms with E-state index >= 15 is 0 Å². The number of para-hydroxylation sites is 1. The van der Waals surface area contributed by atoms with Gasteiger partial charge in [0.25, 0.3) is 0 Å². The van der Waals surface area contributed by atoms with Crippen LogP contribution in [0.2, 0.25) is 0 Å². The van der Waals surface area contributed by atoms with E-state index < -0.39 is 0 Å². The second kappa shape index (κ2) is 6.92. The third-order valence-corrected chi connectivity index (χ3v) is 3.60. The molecule has 0 aliphatic heterocycles. The molecule has 0 saturated heterocycles. The van der Waals surface area contributed by atoms with Crippen LogP contribution in [0.4, 0.5) is 5.82 Å². The van der Waals surface area contributed by atoms with Crippen molar-refractivity contribution in [3.05, 3.63) is 78.0 Å². The zero-order valence-corrected chi connectivity index (χ0v) is 13.1. The molecule has 0 aliphatic rings. The lowest BCUT2D eigenvalue weighted by Crippen LogP contribution is -2.13. The molecule has 3 rings (SSSR count). The lowest BCUT2D eigenvalue weighted by molar-refractivity contribution is -0.116. The van der Waals surface area contributed by atoms with Crippen molar-refractivity contribution in [1.29, 1.82) is 0 Å². The van der Waals surface area contributed by atoms with Crippen LogP contribution in [0.5, 0.6) is 0 Å². The predicted molar refractivity (Wildman–Crippen MR) is 91.7 cm³/mol. The third-order valence-electron chi connectivity index (χ3n) is 3.60. The summed E-state index contributed by atoms with van der Waals surface area (Å²) in [5.41, 5.74) is 3.35. The number of hydrogen-bond donors (Lipinski definition) is 1. The maximum absolute atomic E-state index is 12.1. The summed E-state index contributed by atoms with van der Waals surface area (Å²) >= 11 is 0. The zero-order valence-electron chi connectivity index (χ0n) is 13.1. The van der Waals surface area contributed by atoms with Gasteiger partial charge in [-0.15, -0.1) is 0 Å². The second-order valence-corrected chi connectivity index (χ2v) is 5.52. The van der Waals surface area contributed by atoms with Crippen LogP contribution in [0.15, 0.2) is 66.9 Å². The van der Waals surface area contributed by atoms with Gasteiger partial charge in [-0.3, -0.25) is 4.79 Å². The van der Waals surface area contributed by atoms with Crippen LogP contribution in [0.3, 0.4) is 0 Å². The fourth-order valence-corrected chi connectivity index (χ4v) is 2.45. The van der Waals surface area contributed by atoms with E-state index in [2.05, 4.69) is 29.5 Å². The molecular weight excluding hydrogens is 286 g/mol. The van der Waals surface area contributed by atoms with Crippen molar-refractivity contribution in [2.75, 3.05) is 5.32 Å². The molecule has 0 spiro atoms. The van der Waals surface area contributed by atoms with E-state index in [1.165, 1.54) is 11.1 Å². The highest BCUT2D eigenvalue weighted by Crippen LogP contribution is 2.11. The van der Waals surface area contributed by atoms with Crippen molar-refractivity contribution in [3.63, 3.8) is 0 Å².